The van der Waals surface area contributed by atoms with E-state index in [0.717, 1.165) is 11.0 Å². The van der Waals surface area contributed by atoms with E-state index in [4.69, 9.17) is 0 Å². The average Bonchev–Trinajstić information content (AvgIpc) is 2.99. The van der Waals surface area contributed by atoms with E-state index in [9.17, 15) is 9.18 Å². The molecule has 0 atom stereocenters. The number of aryl methyl sites for hydroxylation is 1. The summed E-state index contributed by atoms with van der Waals surface area (Å²) in [5, 5.41) is 5.44. The van der Waals surface area contributed by atoms with E-state index < -0.39 is 0 Å². The maximum absolute atomic E-state index is 13.5. The summed E-state index contributed by atoms with van der Waals surface area (Å²) >= 11 is 0. The Morgan fingerprint density at radius 3 is 2.70 bits per heavy atom. The number of pyridine rings is 1. The van der Waals surface area contributed by atoms with Crippen molar-refractivity contribution in [2.45, 2.75) is 0 Å². The van der Waals surface area contributed by atoms with E-state index in [1.165, 1.54) is 12.1 Å². The molecule has 27 heavy (non-hydrogen) atoms. The minimum atomic E-state index is -0.388. The number of imidazole rings is 1. The summed E-state index contributed by atoms with van der Waals surface area (Å²) in [5.41, 5.74) is 2.89. The van der Waals surface area contributed by atoms with E-state index in [1.807, 2.05) is 29.8 Å². The van der Waals surface area contributed by atoms with Gasteiger partial charge in [0, 0.05) is 24.5 Å². The van der Waals surface area contributed by atoms with Crippen LogP contribution in [0.15, 0.2) is 66.9 Å². The zero-order valence-electron chi connectivity index (χ0n) is 14.5. The van der Waals surface area contributed by atoms with Crippen LogP contribution in [0.25, 0.3) is 22.4 Å². The first-order chi connectivity index (χ1) is 13.1. The first-order valence-electron chi connectivity index (χ1n) is 8.31. The number of hydrogen-bond acceptors (Lipinski definition) is 3. The smallest absolute Gasteiger partial charge is 0.324 e. The fourth-order valence-electron chi connectivity index (χ4n) is 2.87. The molecule has 0 spiro atoms. The fourth-order valence-corrected chi connectivity index (χ4v) is 2.87. The van der Waals surface area contributed by atoms with Crippen LogP contribution < -0.4 is 10.6 Å². The van der Waals surface area contributed by atoms with Gasteiger partial charge in [-0.15, -0.1) is 0 Å². The molecule has 0 radical (unpaired) electrons. The van der Waals surface area contributed by atoms with Crippen molar-refractivity contribution in [3.05, 3.63) is 72.7 Å². The number of carbonyl (C=O) groups excluding carboxylic acids is 1. The number of nitrogens with zero attached hydrogens (tertiary/aromatic N) is 3. The fraction of sp³-hybridized carbons (Fsp3) is 0.0500. The van der Waals surface area contributed by atoms with E-state index >= 15 is 0 Å². The van der Waals surface area contributed by atoms with Crippen LogP contribution in [0.5, 0.6) is 0 Å². The summed E-state index contributed by atoms with van der Waals surface area (Å²) in [6, 6.07) is 16.6. The van der Waals surface area contributed by atoms with Gasteiger partial charge in [0.15, 0.2) is 0 Å². The SMILES string of the molecule is Cn1c(-c2cccc(F)c2)nc2ccc(NC(=O)Nc3ccccn3)cc21. The summed E-state index contributed by atoms with van der Waals surface area (Å²) in [5.74, 6) is 0.803. The molecule has 2 amide bonds. The van der Waals surface area contributed by atoms with Gasteiger partial charge >= 0.3 is 6.03 Å². The number of fused-ring (bicyclic) bond motifs is 1. The summed E-state index contributed by atoms with van der Waals surface area (Å²) in [4.78, 5) is 20.8. The molecule has 0 aliphatic rings. The van der Waals surface area contributed by atoms with Gasteiger partial charge in [-0.3, -0.25) is 5.32 Å². The lowest BCUT2D eigenvalue weighted by molar-refractivity contribution is 0.262. The molecule has 2 N–H and O–H groups in total. The summed E-state index contributed by atoms with van der Waals surface area (Å²) in [7, 11) is 1.85. The van der Waals surface area contributed by atoms with Crippen molar-refractivity contribution < 1.29 is 9.18 Å². The lowest BCUT2D eigenvalue weighted by Gasteiger charge is -2.07. The Labute approximate surface area is 154 Å². The van der Waals surface area contributed by atoms with Crippen LogP contribution in [0, 0.1) is 5.82 Å². The van der Waals surface area contributed by atoms with Gasteiger partial charge in [-0.05, 0) is 42.5 Å². The topological polar surface area (TPSA) is 71.8 Å². The quantitative estimate of drug-likeness (QED) is 0.567. The number of carbonyl (C=O) groups is 1. The van der Waals surface area contributed by atoms with E-state index in [2.05, 4.69) is 20.6 Å². The molecule has 0 bridgehead atoms. The van der Waals surface area contributed by atoms with Crippen molar-refractivity contribution in [3.63, 3.8) is 0 Å². The van der Waals surface area contributed by atoms with Crippen LogP contribution in [-0.4, -0.2) is 20.6 Å². The van der Waals surface area contributed by atoms with Gasteiger partial charge in [-0.2, -0.15) is 0 Å². The van der Waals surface area contributed by atoms with Gasteiger partial charge in [0.05, 0.1) is 11.0 Å². The highest BCUT2D eigenvalue weighted by atomic mass is 19.1. The first kappa shape index (κ1) is 16.7. The maximum Gasteiger partial charge on any atom is 0.324 e. The monoisotopic (exact) mass is 361 g/mol. The maximum atomic E-state index is 13.5. The summed E-state index contributed by atoms with van der Waals surface area (Å²) in [6.45, 7) is 0. The van der Waals surface area contributed by atoms with Crippen LogP contribution in [0.1, 0.15) is 0 Å². The molecule has 2 aromatic carbocycles. The van der Waals surface area contributed by atoms with Crippen LogP contribution >= 0.6 is 0 Å². The molecule has 2 heterocycles. The van der Waals surface area contributed by atoms with Crippen molar-refractivity contribution in [2.24, 2.45) is 7.05 Å². The van der Waals surface area contributed by atoms with Gasteiger partial charge in [0.25, 0.3) is 0 Å². The number of benzene rings is 2. The first-order valence-corrected chi connectivity index (χ1v) is 8.31. The van der Waals surface area contributed by atoms with E-state index in [0.29, 0.717) is 22.9 Å². The highest BCUT2D eigenvalue weighted by molar-refractivity contribution is 6.00. The second kappa shape index (κ2) is 6.87. The molecule has 0 saturated carbocycles. The second-order valence-corrected chi connectivity index (χ2v) is 6.00. The molecular formula is C20H16FN5O. The molecule has 4 aromatic rings. The number of halogens is 1. The Morgan fingerprint density at radius 2 is 1.93 bits per heavy atom. The Kier molecular flexibility index (Phi) is 4.25. The second-order valence-electron chi connectivity index (χ2n) is 6.00. The predicted molar refractivity (Wildman–Crippen MR) is 103 cm³/mol. The van der Waals surface area contributed by atoms with Crippen LogP contribution in [0.2, 0.25) is 0 Å². The van der Waals surface area contributed by atoms with Crippen molar-refractivity contribution in [2.75, 3.05) is 10.6 Å². The Balaban J connectivity index is 1.61. The molecule has 0 fully saturated rings. The van der Waals surface area contributed by atoms with E-state index in [1.54, 1.807) is 36.5 Å². The number of amides is 2. The summed E-state index contributed by atoms with van der Waals surface area (Å²) < 4.78 is 15.4. The van der Waals surface area contributed by atoms with Crippen molar-refractivity contribution in [3.8, 4) is 11.4 Å². The Morgan fingerprint density at radius 1 is 1.04 bits per heavy atom. The minimum absolute atomic E-state index is 0.312. The molecule has 2 aromatic heterocycles. The number of anilines is 2. The molecular weight excluding hydrogens is 345 g/mol. The van der Waals surface area contributed by atoms with Crippen molar-refractivity contribution in [1.82, 2.24) is 14.5 Å². The number of nitrogens with one attached hydrogen (secondary N) is 2. The van der Waals surface area contributed by atoms with Crippen LogP contribution in [0.4, 0.5) is 20.7 Å². The predicted octanol–water partition coefficient (Wildman–Crippen LogP) is 4.42. The molecule has 134 valence electrons. The number of urea groups is 1. The highest BCUT2D eigenvalue weighted by Gasteiger charge is 2.12. The standard InChI is InChI=1S/C20H16FN5O/c1-26-17-12-15(23-20(27)25-18-7-2-3-10-22-18)8-9-16(17)24-19(26)13-5-4-6-14(21)11-13/h2-12H,1H3,(H2,22,23,25,27). The molecule has 0 saturated heterocycles. The normalized spacial score (nSPS) is 10.7. The van der Waals surface area contributed by atoms with Crippen LogP contribution in [0.3, 0.4) is 0 Å². The van der Waals surface area contributed by atoms with Gasteiger partial charge < -0.3 is 9.88 Å². The molecule has 0 unspecified atom stereocenters. The van der Waals surface area contributed by atoms with E-state index in [-0.39, 0.29) is 11.8 Å². The zero-order valence-corrected chi connectivity index (χ0v) is 14.5. The van der Waals surface area contributed by atoms with Gasteiger partial charge in [0.2, 0.25) is 0 Å². The molecule has 4 rings (SSSR count). The third kappa shape index (κ3) is 3.48. The van der Waals surface area contributed by atoms with Gasteiger partial charge in [0.1, 0.15) is 17.5 Å². The van der Waals surface area contributed by atoms with Crippen molar-refractivity contribution in [1.29, 1.82) is 0 Å². The number of aromatic nitrogens is 3. The summed E-state index contributed by atoms with van der Waals surface area (Å²) in [6.07, 6.45) is 1.60. The number of rotatable bonds is 3. The molecule has 0 aliphatic heterocycles. The molecule has 7 heteroatoms. The van der Waals surface area contributed by atoms with Crippen molar-refractivity contribution >= 4 is 28.6 Å². The average molecular weight is 361 g/mol. The largest absolute Gasteiger partial charge is 0.327 e. The van der Waals surface area contributed by atoms with Gasteiger partial charge in [-0.25, -0.2) is 19.2 Å². The lowest BCUT2D eigenvalue weighted by atomic mass is 10.2. The zero-order chi connectivity index (χ0) is 18.8. The third-order valence-electron chi connectivity index (χ3n) is 4.13. The minimum Gasteiger partial charge on any atom is -0.327 e. The Bertz CT molecular complexity index is 1120. The molecule has 6 nitrogen and oxygen atoms in total. The molecule has 0 aliphatic carbocycles. The van der Waals surface area contributed by atoms with Gasteiger partial charge in [-0.1, -0.05) is 18.2 Å². The van der Waals surface area contributed by atoms with Crippen LogP contribution in [-0.2, 0) is 7.05 Å². The Hall–Kier alpha value is -3.74. The number of hydrogen-bond donors (Lipinski definition) is 2. The third-order valence-corrected chi connectivity index (χ3v) is 4.13. The highest BCUT2D eigenvalue weighted by Crippen LogP contribution is 2.26. The lowest BCUT2D eigenvalue weighted by Crippen LogP contribution is -2.19.